The summed E-state index contributed by atoms with van der Waals surface area (Å²) in [4.78, 5) is 30.4. The van der Waals surface area contributed by atoms with Gasteiger partial charge >= 0.3 is 5.76 Å². The van der Waals surface area contributed by atoms with Crippen LogP contribution in [0, 0.1) is 0 Å². The molecule has 0 fully saturated rings. The number of aromatic nitrogens is 1. The molecule has 3 N–H and O–H groups in total. The van der Waals surface area contributed by atoms with E-state index in [4.69, 9.17) is 15.0 Å². The maximum atomic E-state index is 11.3. The number of nitrogens with one attached hydrogen (secondary N) is 1. The van der Waals surface area contributed by atoms with Gasteiger partial charge in [0.25, 0.3) is 0 Å². The lowest BCUT2D eigenvalue weighted by Gasteiger charge is -2.05. The van der Waals surface area contributed by atoms with Crippen LogP contribution in [0.15, 0.2) is 62.9 Å². The number of oxime groups is 1. The number of hydrogen-bond acceptors (Lipinski definition) is 5. The molecule has 1 heterocycles. The van der Waals surface area contributed by atoms with Crippen molar-refractivity contribution in [3.63, 3.8) is 0 Å². The van der Waals surface area contributed by atoms with Crippen LogP contribution in [0.2, 0.25) is 0 Å². The molecule has 1 amide bonds. The van der Waals surface area contributed by atoms with E-state index in [1.54, 1.807) is 30.3 Å². The molecule has 116 valence electrons. The molecule has 0 spiro atoms. The zero-order chi connectivity index (χ0) is 16.2. The Morgan fingerprint density at radius 3 is 2.70 bits per heavy atom. The van der Waals surface area contributed by atoms with E-state index in [9.17, 15) is 9.59 Å². The van der Waals surface area contributed by atoms with Gasteiger partial charge in [0.2, 0.25) is 17.2 Å². The number of aromatic amines is 1. The number of nitrogens with zero attached hydrogens (tertiary/aromatic N) is 1. The fraction of sp³-hybridized carbons (Fsp3) is 0.0625. The summed E-state index contributed by atoms with van der Waals surface area (Å²) in [6.07, 6.45) is -0.0723. The fourth-order valence-corrected chi connectivity index (χ4v) is 2.11. The number of para-hydroxylation sites is 1. The molecule has 3 aromatic rings. The Kier molecular flexibility index (Phi) is 3.92. The summed E-state index contributed by atoms with van der Waals surface area (Å²) in [5.41, 5.74) is 7.11. The molecule has 7 heteroatoms. The van der Waals surface area contributed by atoms with Gasteiger partial charge in [0.05, 0.1) is 17.6 Å². The minimum atomic E-state index is -0.583. The summed E-state index contributed by atoms with van der Waals surface area (Å²) >= 11 is 0. The predicted molar refractivity (Wildman–Crippen MR) is 84.3 cm³/mol. The van der Waals surface area contributed by atoms with Gasteiger partial charge in [-0.25, -0.2) is 4.79 Å². The van der Waals surface area contributed by atoms with Crippen LogP contribution in [0.25, 0.3) is 11.1 Å². The number of nitrogens with two attached hydrogens (primary N) is 1. The maximum Gasteiger partial charge on any atom is 0.417 e. The average Bonchev–Trinajstić information content (AvgIpc) is 2.92. The van der Waals surface area contributed by atoms with E-state index in [0.29, 0.717) is 16.8 Å². The molecule has 0 saturated carbocycles. The molecule has 23 heavy (non-hydrogen) atoms. The van der Waals surface area contributed by atoms with Gasteiger partial charge in [0.1, 0.15) is 0 Å². The SMILES string of the molecule is NC(=O)C/C(=N\Oc1cccc2[nH]c(=O)oc12)c1ccccc1. The third-order valence-electron chi connectivity index (χ3n) is 3.11. The van der Waals surface area contributed by atoms with E-state index in [-0.39, 0.29) is 17.8 Å². The van der Waals surface area contributed by atoms with Crippen molar-refractivity contribution < 1.29 is 14.0 Å². The van der Waals surface area contributed by atoms with Gasteiger partial charge in [0, 0.05) is 0 Å². The van der Waals surface area contributed by atoms with Crippen molar-refractivity contribution in [2.45, 2.75) is 6.42 Å². The second-order valence-electron chi connectivity index (χ2n) is 4.79. The molecule has 0 aliphatic heterocycles. The normalized spacial score (nSPS) is 11.6. The number of oxazole rings is 1. The van der Waals surface area contributed by atoms with Gasteiger partial charge in [-0.3, -0.25) is 9.78 Å². The van der Waals surface area contributed by atoms with E-state index < -0.39 is 11.7 Å². The van der Waals surface area contributed by atoms with Crippen LogP contribution >= 0.6 is 0 Å². The van der Waals surface area contributed by atoms with E-state index in [2.05, 4.69) is 10.1 Å². The van der Waals surface area contributed by atoms with Gasteiger partial charge in [-0.15, -0.1) is 0 Å². The highest BCUT2D eigenvalue weighted by Crippen LogP contribution is 2.23. The predicted octanol–water partition coefficient (Wildman–Crippen LogP) is 1.78. The van der Waals surface area contributed by atoms with Crippen molar-refractivity contribution in [3.8, 4) is 5.75 Å². The van der Waals surface area contributed by atoms with Crippen LogP contribution in [0.3, 0.4) is 0 Å². The number of hydrogen-bond donors (Lipinski definition) is 2. The third kappa shape index (κ3) is 3.29. The summed E-state index contributed by atoms with van der Waals surface area (Å²) in [5, 5.41) is 4.00. The molecule has 0 bridgehead atoms. The minimum absolute atomic E-state index is 0.0723. The van der Waals surface area contributed by atoms with E-state index in [1.165, 1.54) is 0 Å². The number of primary amides is 1. The van der Waals surface area contributed by atoms with E-state index in [0.717, 1.165) is 0 Å². The molecule has 1 aromatic heterocycles. The summed E-state index contributed by atoms with van der Waals surface area (Å²) in [6, 6.07) is 14.0. The standard InChI is InChI=1S/C16H13N3O4/c17-14(20)9-12(10-5-2-1-3-6-10)19-23-13-8-4-7-11-15(13)22-16(21)18-11/h1-8H,9H2,(H2,17,20)(H,18,21)/b19-12+. The number of fused-ring (bicyclic) bond motifs is 1. The Morgan fingerprint density at radius 2 is 1.96 bits per heavy atom. The lowest BCUT2D eigenvalue weighted by atomic mass is 10.1. The number of H-pyrrole nitrogens is 1. The first-order valence-corrected chi connectivity index (χ1v) is 6.83. The van der Waals surface area contributed by atoms with Crippen LogP contribution < -0.4 is 16.3 Å². The number of benzene rings is 2. The minimum Gasteiger partial charge on any atom is -0.404 e. The first-order valence-electron chi connectivity index (χ1n) is 6.83. The quantitative estimate of drug-likeness (QED) is 0.552. The molecule has 0 radical (unpaired) electrons. The third-order valence-corrected chi connectivity index (χ3v) is 3.11. The molecule has 0 aliphatic rings. The molecule has 3 rings (SSSR count). The molecule has 0 aliphatic carbocycles. The van der Waals surface area contributed by atoms with Crippen LogP contribution in [-0.2, 0) is 4.79 Å². The van der Waals surface area contributed by atoms with Gasteiger partial charge in [-0.2, -0.15) is 0 Å². The van der Waals surface area contributed by atoms with E-state index in [1.807, 2.05) is 18.2 Å². The molecule has 2 aromatic carbocycles. The van der Waals surface area contributed by atoms with Gasteiger partial charge in [0.15, 0.2) is 0 Å². The van der Waals surface area contributed by atoms with Gasteiger partial charge < -0.3 is 15.0 Å². The van der Waals surface area contributed by atoms with Crippen molar-refractivity contribution in [3.05, 3.63) is 64.6 Å². The number of carbonyl (C=O) groups is 1. The second-order valence-corrected chi connectivity index (χ2v) is 4.79. The van der Waals surface area contributed by atoms with Crippen molar-refractivity contribution in [1.29, 1.82) is 0 Å². The fourth-order valence-electron chi connectivity index (χ4n) is 2.11. The second kappa shape index (κ2) is 6.18. The topological polar surface area (TPSA) is 111 Å². The number of carbonyl (C=O) groups excluding carboxylic acids is 1. The smallest absolute Gasteiger partial charge is 0.404 e. The summed E-state index contributed by atoms with van der Waals surface area (Å²) in [5.74, 6) is -0.846. The monoisotopic (exact) mass is 311 g/mol. The molecule has 0 unspecified atom stereocenters. The zero-order valence-electron chi connectivity index (χ0n) is 12.0. The lowest BCUT2D eigenvalue weighted by Crippen LogP contribution is -2.17. The van der Waals surface area contributed by atoms with Crippen molar-refractivity contribution in [1.82, 2.24) is 4.98 Å². The molecular formula is C16H13N3O4. The molecule has 0 atom stereocenters. The van der Waals surface area contributed by atoms with Gasteiger partial charge in [-0.05, 0) is 17.7 Å². The van der Waals surface area contributed by atoms with Crippen LogP contribution in [0.4, 0.5) is 0 Å². The largest absolute Gasteiger partial charge is 0.417 e. The summed E-state index contributed by atoms with van der Waals surface area (Å²) < 4.78 is 5.02. The van der Waals surface area contributed by atoms with Crippen molar-refractivity contribution in [2.24, 2.45) is 10.9 Å². The Hall–Kier alpha value is -3.35. The van der Waals surface area contributed by atoms with E-state index >= 15 is 0 Å². The Morgan fingerprint density at radius 1 is 1.17 bits per heavy atom. The number of rotatable bonds is 5. The van der Waals surface area contributed by atoms with Crippen LogP contribution in [0.1, 0.15) is 12.0 Å². The first-order chi connectivity index (χ1) is 11.1. The van der Waals surface area contributed by atoms with Crippen molar-refractivity contribution >= 4 is 22.7 Å². The summed E-state index contributed by atoms with van der Waals surface area (Å²) in [6.45, 7) is 0. The highest BCUT2D eigenvalue weighted by molar-refractivity contribution is 6.10. The highest BCUT2D eigenvalue weighted by atomic mass is 16.6. The maximum absolute atomic E-state index is 11.3. The molecular weight excluding hydrogens is 298 g/mol. The Balaban J connectivity index is 1.96. The number of amides is 1. The average molecular weight is 311 g/mol. The Bertz CT molecular complexity index is 925. The lowest BCUT2D eigenvalue weighted by molar-refractivity contribution is -0.116. The zero-order valence-corrected chi connectivity index (χ0v) is 12.0. The van der Waals surface area contributed by atoms with Crippen LogP contribution in [-0.4, -0.2) is 16.6 Å². The van der Waals surface area contributed by atoms with Crippen LogP contribution in [0.5, 0.6) is 5.75 Å². The Labute approximate surface area is 130 Å². The highest BCUT2D eigenvalue weighted by Gasteiger charge is 2.11. The summed E-state index contributed by atoms with van der Waals surface area (Å²) in [7, 11) is 0. The van der Waals surface area contributed by atoms with Crippen molar-refractivity contribution in [2.75, 3.05) is 0 Å². The van der Waals surface area contributed by atoms with Gasteiger partial charge in [-0.1, -0.05) is 41.6 Å². The first kappa shape index (κ1) is 14.6. The molecule has 7 nitrogen and oxygen atoms in total. The molecule has 0 saturated heterocycles.